The Labute approximate surface area is 173 Å². The number of aryl methyl sites for hydroxylation is 1. The van der Waals surface area contributed by atoms with Gasteiger partial charge in [0.15, 0.2) is 0 Å². The molecule has 2 heterocycles. The fourth-order valence-electron chi connectivity index (χ4n) is 4.01. The van der Waals surface area contributed by atoms with Crippen molar-refractivity contribution in [1.29, 1.82) is 0 Å². The maximum Gasteiger partial charge on any atom is 0.228 e. The minimum atomic E-state index is -0.0546. The minimum Gasteiger partial charge on any atom is -0.342 e. The zero-order chi connectivity index (χ0) is 17.8. The first-order valence-electron chi connectivity index (χ1n) is 9.31. The van der Waals surface area contributed by atoms with E-state index in [4.69, 9.17) is 5.73 Å². The summed E-state index contributed by atoms with van der Waals surface area (Å²) in [6.45, 7) is 3.88. The lowest BCUT2D eigenvalue weighted by Crippen LogP contribution is -2.45. The molecule has 1 aliphatic carbocycles. The number of aromatic nitrogens is 1. The number of carbonyl (C=O) groups is 2. The van der Waals surface area contributed by atoms with Gasteiger partial charge in [0.25, 0.3) is 0 Å². The van der Waals surface area contributed by atoms with Crippen molar-refractivity contribution in [1.82, 2.24) is 9.88 Å². The highest BCUT2D eigenvalue weighted by Gasteiger charge is 2.36. The number of rotatable bonds is 4. The molecule has 152 valence electrons. The molecule has 27 heavy (non-hydrogen) atoms. The third kappa shape index (κ3) is 5.80. The lowest BCUT2D eigenvalue weighted by Gasteiger charge is -2.34. The summed E-state index contributed by atoms with van der Waals surface area (Å²) in [5, 5.41) is 2.88. The average molecular weight is 417 g/mol. The van der Waals surface area contributed by atoms with Crippen LogP contribution in [0.1, 0.15) is 37.7 Å². The highest BCUT2D eigenvalue weighted by molar-refractivity contribution is 5.92. The summed E-state index contributed by atoms with van der Waals surface area (Å²) < 4.78 is 0. The summed E-state index contributed by atoms with van der Waals surface area (Å²) in [4.78, 5) is 31.3. The van der Waals surface area contributed by atoms with E-state index in [0.29, 0.717) is 44.2 Å². The van der Waals surface area contributed by atoms with Gasteiger partial charge < -0.3 is 16.0 Å². The van der Waals surface area contributed by atoms with E-state index in [2.05, 4.69) is 10.3 Å². The Morgan fingerprint density at radius 3 is 2.48 bits per heavy atom. The Bertz CT molecular complexity index is 619. The Hall–Kier alpha value is -1.37. The summed E-state index contributed by atoms with van der Waals surface area (Å²) in [7, 11) is 0. The maximum absolute atomic E-state index is 12.7. The van der Waals surface area contributed by atoms with Crippen LogP contribution in [-0.2, 0) is 9.59 Å². The van der Waals surface area contributed by atoms with Gasteiger partial charge in [0.05, 0.1) is 0 Å². The number of pyridine rings is 1. The van der Waals surface area contributed by atoms with Crippen LogP contribution in [0.15, 0.2) is 18.3 Å². The number of hydrogen-bond acceptors (Lipinski definition) is 4. The number of likely N-dealkylation sites (tertiary alicyclic amines) is 1. The standard InChI is InChI=1S/C19H28N4O2.2ClH/c1-13-5-6-17(21-12-13)22-18(24)14-7-9-23(10-8-14)19(25)16-4-2-3-15(16)11-20;;/h5-6,12,14-16H,2-4,7-11,20H2,1H3,(H,21,22,24);2*1H/t15-,16-;;/m1../s1. The van der Waals surface area contributed by atoms with E-state index >= 15 is 0 Å². The van der Waals surface area contributed by atoms with Crippen LogP contribution in [0.25, 0.3) is 0 Å². The van der Waals surface area contributed by atoms with Crippen molar-refractivity contribution in [3.8, 4) is 0 Å². The number of carbonyl (C=O) groups excluding carboxylic acids is 2. The molecule has 2 atom stereocenters. The van der Waals surface area contributed by atoms with Crippen molar-refractivity contribution in [2.24, 2.45) is 23.5 Å². The van der Waals surface area contributed by atoms with Crippen LogP contribution in [0.4, 0.5) is 5.82 Å². The van der Waals surface area contributed by atoms with Gasteiger partial charge in [0.1, 0.15) is 5.82 Å². The molecule has 2 fully saturated rings. The number of anilines is 1. The molecule has 0 aromatic carbocycles. The van der Waals surface area contributed by atoms with Crippen molar-refractivity contribution in [2.75, 3.05) is 25.0 Å². The second-order valence-corrected chi connectivity index (χ2v) is 7.34. The highest BCUT2D eigenvalue weighted by Crippen LogP contribution is 2.33. The van der Waals surface area contributed by atoms with Gasteiger partial charge >= 0.3 is 0 Å². The number of nitrogens with zero attached hydrogens (tertiary/aromatic N) is 2. The van der Waals surface area contributed by atoms with Crippen LogP contribution in [0, 0.1) is 24.7 Å². The zero-order valence-electron chi connectivity index (χ0n) is 15.7. The fourth-order valence-corrected chi connectivity index (χ4v) is 4.01. The van der Waals surface area contributed by atoms with E-state index in [1.165, 1.54) is 0 Å². The third-order valence-electron chi connectivity index (χ3n) is 5.62. The van der Waals surface area contributed by atoms with Crippen LogP contribution in [0.5, 0.6) is 0 Å². The van der Waals surface area contributed by atoms with Gasteiger partial charge in [-0.15, -0.1) is 24.8 Å². The molecule has 1 aliphatic heterocycles. The van der Waals surface area contributed by atoms with E-state index in [-0.39, 0.29) is 48.5 Å². The first-order chi connectivity index (χ1) is 12.1. The second-order valence-electron chi connectivity index (χ2n) is 7.34. The third-order valence-corrected chi connectivity index (χ3v) is 5.62. The molecule has 8 heteroatoms. The average Bonchev–Trinajstić information content (AvgIpc) is 3.12. The Morgan fingerprint density at radius 1 is 1.19 bits per heavy atom. The highest BCUT2D eigenvalue weighted by atomic mass is 35.5. The molecule has 6 nitrogen and oxygen atoms in total. The van der Waals surface area contributed by atoms with Crippen LogP contribution >= 0.6 is 24.8 Å². The number of hydrogen-bond donors (Lipinski definition) is 2. The summed E-state index contributed by atoms with van der Waals surface area (Å²) in [5.74, 6) is 1.20. The second kappa shape index (κ2) is 10.8. The minimum absolute atomic E-state index is 0. The van der Waals surface area contributed by atoms with Crippen molar-refractivity contribution in [3.05, 3.63) is 23.9 Å². The van der Waals surface area contributed by atoms with E-state index < -0.39 is 0 Å². The van der Waals surface area contributed by atoms with Crippen molar-refractivity contribution in [2.45, 2.75) is 39.0 Å². The van der Waals surface area contributed by atoms with E-state index in [1.807, 2.05) is 24.0 Å². The predicted octanol–water partition coefficient (Wildman–Crippen LogP) is 2.79. The largest absolute Gasteiger partial charge is 0.342 e. The van der Waals surface area contributed by atoms with E-state index in [1.54, 1.807) is 6.20 Å². The number of piperidine rings is 1. The van der Waals surface area contributed by atoms with Crippen molar-refractivity contribution >= 4 is 42.4 Å². The molecule has 0 radical (unpaired) electrons. The van der Waals surface area contributed by atoms with Gasteiger partial charge in [0, 0.05) is 31.1 Å². The monoisotopic (exact) mass is 416 g/mol. The van der Waals surface area contributed by atoms with Crippen LogP contribution in [-0.4, -0.2) is 41.3 Å². The lowest BCUT2D eigenvalue weighted by molar-refractivity contribution is -0.139. The molecule has 0 spiro atoms. The smallest absolute Gasteiger partial charge is 0.228 e. The quantitative estimate of drug-likeness (QED) is 0.789. The van der Waals surface area contributed by atoms with Crippen LogP contribution in [0.3, 0.4) is 0 Å². The maximum atomic E-state index is 12.7. The molecular weight excluding hydrogens is 387 g/mol. The van der Waals surface area contributed by atoms with Gasteiger partial charge in [-0.25, -0.2) is 4.98 Å². The molecule has 2 aliphatic rings. The molecule has 0 bridgehead atoms. The molecular formula is C19H30Cl2N4O2. The Kier molecular flexibility index (Phi) is 9.50. The SMILES string of the molecule is Cc1ccc(NC(=O)C2CCN(C(=O)[C@@H]3CCC[C@@H]3CN)CC2)nc1.Cl.Cl. The zero-order valence-corrected chi connectivity index (χ0v) is 17.4. The van der Waals surface area contributed by atoms with Crippen LogP contribution < -0.4 is 11.1 Å². The van der Waals surface area contributed by atoms with Gasteiger partial charge in [-0.2, -0.15) is 0 Å². The number of amides is 2. The summed E-state index contributed by atoms with van der Waals surface area (Å²) in [5.41, 5.74) is 6.87. The molecule has 1 saturated carbocycles. The van der Waals surface area contributed by atoms with Gasteiger partial charge in [-0.05, 0) is 56.7 Å². The Morgan fingerprint density at radius 2 is 1.89 bits per heavy atom. The topological polar surface area (TPSA) is 88.3 Å². The fraction of sp³-hybridized carbons (Fsp3) is 0.632. The summed E-state index contributed by atoms with van der Waals surface area (Å²) in [6.07, 6.45) is 6.29. The van der Waals surface area contributed by atoms with Crippen molar-refractivity contribution < 1.29 is 9.59 Å². The number of nitrogens with two attached hydrogens (primary N) is 1. The first kappa shape index (κ1) is 23.7. The number of nitrogens with one attached hydrogen (secondary N) is 1. The van der Waals surface area contributed by atoms with Gasteiger partial charge in [-0.3, -0.25) is 9.59 Å². The Balaban J connectivity index is 0.00000182. The van der Waals surface area contributed by atoms with E-state index in [9.17, 15) is 9.59 Å². The molecule has 2 amide bonds. The van der Waals surface area contributed by atoms with Crippen LogP contribution in [0.2, 0.25) is 0 Å². The van der Waals surface area contributed by atoms with Gasteiger partial charge in [0.2, 0.25) is 11.8 Å². The molecule has 1 aromatic rings. The lowest BCUT2D eigenvalue weighted by atomic mass is 9.91. The molecule has 1 aromatic heterocycles. The predicted molar refractivity (Wildman–Crippen MR) is 111 cm³/mol. The first-order valence-corrected chi connectivity index (χ1v) is 9.31. The summed E-state index contributed by atoms with van der Waals surface area (Å²) in [6, 6.07) is 3.75. The molecule has 3 N–H and O–H groups in total. The number of halogens is 2. The molecule has 3 rings (SSSR count). The summed E-state index contributed by atoms with van der Waals surface area (Å²) >= 11 is 0. The molecule has 0 unspecified atom stereocenters. The molecule has 1 saturated heterocycles. The normalized spacial score (nSPS) is 22.5. The van der Waals surface area contributed by atoms with E-state index in [0.717, 1.165) is 24.8 Å². The van der Waals surface area contributed by atoms with Gasteiger partial charge in [-0.1, -0.05) is 12.5 Å². The van der Waals surface area contributed by atoms with Crippen molar-refractivity contribution in [3.63, 3.8) is 0 Å².